The van der Waals surface area contributed by atoms with Crippen LogP contribution < -0.4 is 4.85 Å². The Balaban J connectivity index is 2.94. The van der Waals surface area contributed by atoms with E-state index in [-0.39, 0.29) is 0 Å². The molecule has 6 heteroatoms. The average molecular weight is 242 g/mol. The summed E-state index contributed by atoms with van der Waals surface area (Å²) in [6.45, 7) is 0. The van der Waals surface area contributed by atoms with Gasteiger partial charge in [0.05, 0.1) is 9.57 Å². The number of para-hydroxylation sites is 1. The SMILES string of the molecule is [O-][n+]1nc(O)nc2c(Br)cccc21. The third-order valence-electron chi connectivity index (χ3n) is 1.56. The molecule has 1 aromatic carbocycles. The van der Waals surface area contributed by atoms with Crippen molar-refractivity contribution in [3.8, 4) is 6.01 Å². The Kier molecular flexibility index (Phi) is 1.77. The predicted molar refractivity (Wildman–Crippen MR) is 47.9 cm³/mol. The molecule has 0 unspecified atom stereocenters. The summed E-state index contributed by atoms with van der Waals surface area (Å²) in [5.41, 5.74) is 0.706. The van der Waals surface area contributed by atoms with Gasteiger partial charge in [-0.25, -0.2) is 0 Å². The Morgan fingerprint density at radius 2 is 2.23 bits per heavy atom. The summed E-state index contributed by atoms with van der Waals surface area (Å²) in [5.74, 6) is 0. The second-order valence-electron chi connectivity index (χ2n) is 2.39. The molecule has 2 rings (SSSR count). The number of fused-ring (bicyclic) bond motifs is 1. The van der Waals surface area contributed by atoms with Gasteiger partial charge < -0.3 is 10.3 Å². The minimum absolute atomic E-state index is 0.312. The number of rotatable bonds is 0. The quantitative estimate of drug-likeness (QED) is 0.546. The first-order valence-electron chi connectivity index (χ1n) is 3.43. The molecule has 0 aliphatic heterocycles. The highest BCUT2D eigenvalue weighted by atomic mass is 79.9. The third kappa shape index (κ3) is 1.29. The number of benzene rings is 1. The minimum Gasteiger partial charge on any atom is -0.594 e. The monoisotopic (exact) mass is 241 g/mol. The second-order valence-corrected chi connectivity index (χ2v) is 3.25. The molecule has 2 aromatic rings. The lowest BCUT2D eigenvalue weighted by atomic mass is 10.3. The molecule has 0 saturated heterocycles. The molecule has 0 bridgehead atoms. The highest BCUT2D eigenvalue weighted by Crippen LogP contribution is 2.19. The fourth-order valence-corrected chi connectivity index (χ4v) is 1.47. The number of hydrogen-bond donors (Lipinski definition) is 1. The van der Waals surface area contributed by atoms with Crippen molar-refractivity contribution >= 4 is 27.0 Å². The fraction of sp³-hybridized carbons (Fsp3) is 0. The van der Waals surface area contributed by atoms with Crippen molar-refractivity contribution in [2.75, 3.05) is 0 Å². The number of aromatic hydroxyl groups is 1. The molecule has 5 nitrogen and oxygen atoms in total. The van der Waals surface area contributed by atoms with E-state index in [4.69, 9.17) is 5.11 Å². The molecule has 1 N–H and O–H groups in total. The molecule has 0 amide bonds. The summed E-state index contributed by atoms with van der Waals surface area (Å²) >= 11 is 3.21. The van der Waals surface area contributed by atoms with Crippen molar-refractivity contribution in [3.63, 3.8) is 0 Å². The lowest BCUT2D eigenvalue weighted by Crippen LogP contribution is -2.32. The molecule has 0 saturated carbocycles. The molecule has 1 aromatic heterocycles. The minimum atomic E-state index is -0.533. The molecular weight excluding hydrogens is 238 g/mol. The highest BCUT2D eigenvalue weighted by Gasteiger charge is 2.11. The molecular formula is C7H4BrN3O2. The van der Waals surface area contributed by atoms with E-state index in [0.29, 0.717) is 20.4 Å². The van der Waals surface area contributed by atoms with Crippen molar-refractivity contribution in [2.45, 2.75) is 0 Å². The molecule has 0 aliphatic rings. The molecule has 66 valence electrons. The van der Waals surface area contributed by atoms with Crippen LogP contribution in [0.5, 0.6) is 6.01 Å². The molecule has 0 atom stereocenters. The number of halogens is 1. The van der Waals surface area contributed by atoms with Gasteiger partial charge in [-0.2, -0.15) is 4.98 Å². The van der Waals surface area contributed by atoms with Gasteiger partial charge in [0, 0.05) is 6.07 Å². The number of nitrogens with zero attached hydrogens (tertiary/aromatic N) is 3. The number of aromatic nitrogens is 3. The smallest absolute Gasteiger partial charge is 0.378 e. The zero-order valence-corrected chi connectivity index (χ0v) is 7.89. The maximum atomic E-state index is 11.1. The van der Waals surface area contributed by atoms with Crippen LogP contribution in [0.3, 0.4) is 0 Å². The van der Waals surface area contributed by atoms with Crippen molar-refractivity contribution < 1.29 is 9.95 Å². The van der Waals surface area contributed by atoms with Crippen LogP contribution in [0.4, 0.5) is 0 Å². The number of hydrogen-bond acceptors (Lipinski definition) is 4. The first-order valence-corrected chi connectivity index (χ1v) is 4.23. The summed E-state index contributed by atoms with van der Waals surface area (Å²) in [6.07, 6.45) is 0. The lowest BCUT2D eigenvalue weighted by Gasteiger charge is -1.99. The van der Waals surface area contributed by atoms with Gasteiger partial charge in [-0.3, -0.25) is 0 Å². The van der Waals surface area contributed by atoms with Crippen molar-refractivity contribution in [1.82, 2.24) is 10.1 Å². The van der Waals surface area contributed by atoms with E-state index >= 15 is 0 Å². The standard InChI is InChI=1S/C7H4BrN3O2/c8-4-2-1-3-5-6(4)9-7(12)10-11(5)13/h1-3H,(H,9,10,12). The Morgan fingerprint density at radius 3 is 3.00 bits per heavy atom. The van der Waals surface area contributed by atoms with Gasteiger partial charge in [0.1, 0.15) is 0 Å². The first kappa shape index (κ1) is 8.18. The maximum absolute atomic E-state index is 11.1. The van der Waals surface area contributed by atoms with Crippen LogP contribution in [0.25, 0.3) is 11.0 Å². The van der Waals surface area contributed by atoms with Gasteiger partial charge in [-0.15, -0.1) is 0 Å². The Bertz CT molecular complexity index is 474. The van der Waals surface area contributed by atoms with Crippen LogP contribution in [-0.2, 0) is 0 Å². The summed E-state index contributed by atoms with van der Waals surface area (Å²) in [7, 11) is 0. The normalized spacial score (nSPS) is 10.5. The zero-order chi connectivity index (χ0) is 9.42. The van der Waals surface area contributed by atoms with Crippen molar-refractivity contribution in [1.29, 1.82) is 0 Å². The van der Waals surface area contributed by atoms with Crippen molar-refractivity contribution in [3.05, 3.63) is 27.9 Å². The molecule has 0 spiro atoms. The Hall–Kier alpha value is -1.43. The molecule has 0 radical (unpaired) electrons. The Labute approximate surface area is 81.4 Å². The lowest BCUT2D eigenvalue weighted by molar-refractivity contribution is -0.643. The van der Waals surface area contributed by atoms with Crippen LogP contribution in [0.15, 0.2) is 22.7 Å². The van der Waals surface area contributed by atoms with Crippen LogP contribution in [0.1, 0.15) is 0 Å². The van der Waals surface area contributed by atoms with Crippen LogP contribution >= 0.6 is 15.9 Å². The van der Waals surface area contributed by atoms with Crippen LogP contribution in [0.2, 0.25) is 0 Å². The third-order valence-corrected chi connectivity index (χ3v) is 2.20. The van der Waals surface area contributed by atoms with Gasteiger partial charge in [-0.05, 0) is 26.8 Å². The van der Waals surface area contributed by atoms with E-state index in [2.05, 4.69) is 26.0 Å². The van der Waals surface area contributed by atoms with E-state index in [9.17, 15) is 5.21 Å². The second kappa shape index (κ2) is 2.81. The summed E-state index contributed by atoms with van der Waals surface area (Å²) in [4.78, 5) is 4.05. The fourth-order valence-electron chi connectivity index (χ4n) is 1.03. The predicted octanol–water partition coefficient (Wildman–Crippen LogP) is 0.731. The van der Waals surface area contributed by atoms with Crippen LogP contribution in [-0.4, -0.2) is 15.2 Å². The zero-order valence-electron chi connectivity index (χ0n) is 6.31. The first-order chi connectivity index (χ1) is 6.18. The van der Waals surface area contributed by atoms with E-state index in [1.54, 1.807) is 18.2 Å². The van der Waals surface area contributed by atoms with Crippen LogP contribution in [0, 0.1) is 5.21 Å². The molecule has 1 heterocycles. The summed E-state index contributed by atoms with van der Waals surface area (Å²) < 4.78 is 0.646. The van der Waals surface area contributed by atoms with Crippen molar-refractivity contribution in [2.24, 2.45) is 0 Å². The van der Waals surface area contributed by atoms with E-state index < -0.39 is 6.01 Å². The highest BCUT2D eigenvalue weighted by molar-refractivity contribution is 9.10. The van der Waals surface area contributed by atoms with Gasteiger partial charge in [0.25, 0.3) is 5.52 Å². The largest absolute Gasteiger partial charge is 0.594 e. The molecule has 13 heavy (non-hydrogen) atoms. The summed E-state index contributed by atoms with van der Waals surface area (Å²) in [5, 5.41) is 23.3. The van der Waals surface area contributed by atoms with E-state index in [1.807, 2.05) is 0 Å². The van der Waals surface area contributed by atoms with Gasteiger partial charge in [0.2, 0.25) is 0 Å². The maximum Gasteiger partial charge on any atom is 0.378 e. The van der Waals surface area contributed by atoms with E-state index in [0.717, 1.165) is 0 Å². The van der Waals surface area contributed by atoms with Gasteiger partial charge in [-0.1, -0.05) is 6.07 Å². The van der Waals surface area contributed by atoms with Gasteiger partial charge >= 0.3 is 6.01 Å². The van der Waals surface area contributed by atoms with Gasteiger partial charge in [0.15, 0.2) is 5.52 Å². The average Bonchev–Trinajstić information content (AvgIpc) is 2.07. The Morgan fingerprint density at radius 1 is 1.46 bits per heavy atom. The topological polar surface area (TPSA) is 73.0 Å². The summed E-state index contributed by atoms with van der Waals surface area (Å²) in [6, 6.07) is 4.47. The molecule has 0 fully saturated rings. The molecule has 0 aliphatic carbocycles. The van der Waals surface area contributed by atoms with E-state index in [1.165, 1.54) is 0 Å².